The quantitative estimate of drug-likeness (QED) is 0.309. The van der Waals surface area contributed by atoms with Gasteiger partial charge in [0.15, 0.2) is 0 Å². The largest absolute Gasteiger partial charge is 0.465 e. The summed E-state index contributed by atoms with van der Waals surface area (Å²) in [7, 11) is 0.750. The summed E-state index contributed by atoms with van der Waals surface area (Å²) in [4.78, 5) is 0. The van der Waals surface area contributed by atoms with E-state index in [1.165, 1.54) is 0 Å². The first-order valence-electron chi connectivity index (χ1n) is 7.11. The van der Waals surface area contributed by atoms with Crippen LogP contribution in [0.5, 0.6) is 5.75 Å². The molecule has 0 fully saturated rings. The van der Waals surface area contributed by atoms with Gasteiger partial charge in [0.1, 0.15) is 5.75 Å². The normalized spacial score (nSPS) is 11.4. The van der Waals surface area contributed by atoms with E-state index in [0.29, 0.717) is 0 Å². The molecule has 117 valence electrons. The second-order valence-electron chi connectivity index (χ2n) is 4.59. The van der Waals surface area contributed by atoms with E-state index in [1.54, 1.807) is 6.26 Å². The van der Waals surface area contributed by atoms with Crippen molar-refractivity contribution in [3.63, 3.8) is 0 Å². The minimum atomic E-state index is 0. The van der Waals surface area contributed by atoms with Crippen LogP contribution < -0.4 is 4.74 Å². The minimum Gasteiger partial charge on any atom is -0.465 e. The van der Waals surface area contributed by atoms with Crippen molar-refractivity contribution in [3.05, 3.63) is 78.6 Å². The van der Waals surface area contributed by atoms with Crippen LogP contribution in [0, 0.1) is 6.08 Å². The van der Waals surface area contributed by atoms with Gasteiger partial charge in [0.2, 0.25) is 0 Å². The molecule has 22 heavy (non-hydrogen) atoms. The number of hydrogen-bond donors (Lipinski definition) is 0. The fraction of sp³-hybridized carbons (Fsp3) is 0.263. The maximum Gasteiger partial charge on any atom is 0.126 e. The third kappa shape index (κ3) is 13.9. The van der Waals surface area contributed by atoms with Crippen molar-refractivity contribution in [3.8, 4) is 5.75 Å². The molecule has 1 radical (unpaired) electrons. The van der Waals surface area contributed by atoms with Gasteiger partial charge in [-0.2, -0.15) is 6.08 Å². The fourth-order valence-corrected chi connectivity index (χ4v) is 1.10. The molecule has 0 amide bonds. The van der Waals surface area contributed by atoms with E-state index in [1.807, 2.05) is 56.3 Å². The van der Waals surface area contributed by atoms with E-state index in [0.717, 1.165) is 32.8 Å². The second kappa shape index (κ2) is 16.3. The van der Waals surface area contributed by atoms with E-state index in [9.17, 15) is 0 Å². The monoisotopic (exact) mass is 346 g/mol. The van der Waals surface area contributed by atoms with Crippen LogP contribution in [0.3, 0.4) is 0 Å². The topological polar surface area (TPSA) is 9.23 Å². The molecule has 0 bridgehead atoms. The third-order valence-corrected chi connectivity index (χ3v) is 2.37. The molecule has 0 aliphatic heterocycles. The van der Waals surface area contributed by atoms with Crippen molar-refractivity contribution in [1.29, 1.82) is 0 Å². The Morgan fingerprint density at radius 1 is 1.23 bits per heavy atom. The van der Waals surface area contributed by atoms with E-state index < -0.39 is 0 Å². The van der Waals surface area contributed by atoms with Gasteiger partial charge in [-0.15, -0.1) is 6.42 Å². The maximum atomic E-state index is 5.41. The van der Waals surface area contributed by atoms with Crippen LogP contribution in [0.1, 0.15) is 20.3 Å². The number of benzene rings is 1. The first-order valence-corrected chi connectivity index (χ1v) is 9.42. The molecule has 1 aliphatic rings. The standard InChI is InChI=1S/C12H14O.C5H5.C2H7Si.Ti/c1-10(2)11(3)9-13-12-7-5-4-6-8-12;1-2-4-5-3-1;1-3-2;/h4-9H,1H2,2-3H3;1-3H,4H2;3H,1-2H3;/q;-1;;. The van der Waals surface area contributed by atoms with E-state index in [2.05, 4.69) is 31.8 Å². The molecule has 0 saturated carbocycles. The van der Waals surface area contributed by atoms with Crippen LogP contribution >= 0.6 is 0 Å². The zero-order chi connectivity index (χ0) is 15.9. The summed E-state index contributed by atoms with van der Waals surface area (Å²) in [6.45, 7) is 12.2. The molecule has 0 saturated heterocycles. The van der Waals surface area contributed by atoms with Crippen molar-refractivity contribution >= 4 is 9.52 Å². The Labute approximate surface area is 153 Å². The molecule has 1 aliphatic carbocycles. The first kappa shape index (κ1) is 23.2. The van der Waals surface area contributed by atoms with E-state index >= 15 is 0 Å². The molecular weight excluding hydrogens is 320 g/mol. The van der Waals surface area contributed by atoms with Crippen LogP contribution in [0.4, 0.5) is 0 Å². The summed E-state index contributed by atoms with van der Waals surface area (Å²) in [6, 6.07) is 9.69. The van der Waals surface area contributed by atoms with Crippen LogP contribution in [-0.4, -0.2) is 9.52 Å². The maximum absolute atomic E-state index is 5.41. The fourth-order valence-electron chi connectivity index (χ4n) is 1.10. The van der Waals surface area contributed by atoms with Crippen molar-refractivity contribution in [2.45, 2.75) is 33.4 Å². The summed E-state index contributed by atoms with van der Waals surface area (Å²) in [5.41, 5.74) is 2.08. The summed E-state index contributed by atoms with van der Waals surface area (Å²) in [5.74, 6) is 0.850. The SMILES string of the molecule is C=C(C)C(C)=COc1ccccc1.C[SiH]C.[C-]1=CC=CC1.[Ti]. The molecule has 0 aromatic heterocycles. The molecule has 1 aromatic rings. The Morgan fingerprint density at radius 3 is 2.18 bits per heavy atom. The molecule has 0 spiro atoms. The molecule has 0 unspecified atom stereocenters. The van der Waals surface area contributed by atoms with E-state index in [4.69, 9.17) is 4.74 Å². The second-order valence-corrected chi connectivity index (χ2v) is 5.75. The molecule has 1 aromatic carbocycles. The first-order chi connectivity index (χ1) is 10.1. The predicted molar refractivity (Wildman–Crippen MR) is 96.1 cm³/mol. The molecule has 0 atom stereocenters. The van der Waals surface area contributed by atoms with Crippen molar-refractivity contribution in [1.82, 2.24) is 0 Å². The molecular formula is C19H26OSiTi-. The van der Waals surface area contributed by atoms with Crippen LogP contribution in [-0.2, 0) is 21.7 Å². The molecule has 0 N–H and O–H groups in total. The number of hydrogen-bond acceptors (Lipinski definition) is 1. The van der Waals surface area contributed by atoms with Gasteiger partial charge in [-0.05, 0) is 31.6 Å². The van der Waals surface area contributed by atoms with Gasteiger partial charge in [-0.1, -0.05) is 43.4 Å². The van der Waals surface area contributed by atoms with E-state index in [-0.39, 0.29) is 21.7 Å². The van der Waals surface area contributed by atoms with Gasteiger partial charge in [0, 0.05) is 31.2 Å². The molecule has 0 heterocycles. The van der Waals surface area contributed by atoms with Crippen molar-refractivity contribution in [2.24, 2.45) is 0 Å². The number of rotatable bonds is 3. The molecule has 3 heteroatoms. The van der Waals surface area contributed by atoms with Gasteiger partial charge in [-0.25, -0.2) is 12.2 Å². The van der Waals surface area contributed by atoms with Gasteiger partial charge in [-0.3, -0.25) is 6.08 Å². The number of allylic oxidation sites excluding steroid dienone is 6. The Kier molecular flexibility index (Phi) is 17.2. The summed E-state index contributed by atoms with van der Waals surface area (Å²) < 4.78 is 5.41. The number of ether oxygens (including phenoxy) is 1. The Morgan fingerprint density at radius 2 is 1.82 bits per heavy atom. The van der Waals surface area contributed by atoms with Gasteiger partial charge >= 0.3 is 0 Å². The summed E-state index contributed by atoms with van der Waals surface area (Å²) in [5, 5.41) is 0. The van der Waals surface area contributed by atoms with Crippen LogP contribution in [0.25, 0.3) is 0 Å². The zero-order valence-corrected chi connectivity index (χ0v) is 16.8. The predicted octanol–water partition coefficient (Wildman–Crippen LogP) is 5.37. The summed E-state index contributed by atoms with van der Waals surface area (Å²) >= 11 is 0. The Bertz CT molecular complexity index is 465. The Hall–Kier alpha value is -1.09. The Balaban J connectivity index is 0. The van der Waals surface area contributed by atoms with Gasteiger partial charge in [0.25, 0.3) is 0 Å². The van der Waals surface area contributed by atoms with Crippen LogP contribution in [0.2, 0.25) is 13.1 Å². The van der Waals surface area contributed by atoms with Gasteiger partial charge in [0.05, 0.1) is 6.26 Å². The number of para-hydroxylation sites is 1. The van der Waals surface area contributed by atoms with Gasteiger partial charge < -0.3 is 4.74 Å². The zero-order valence-electron chi connectivity index (χ0n) is 14.1. The summed E-state index contributed by atoms with van der Waals surface area (Å²) in [6.07, 6.45) is 11.7. The average Bonchev–Trinajstić information content (AvgIpc) is 3.06. The van der Waals surface area contributed by atoms with Crippen LogP contribution in [0.15, 0.2) is 72.5 Å². The third-order valence-electron chi connectivity index (χ3n) is 2.37. The van der Waals surface area contributed by atoms with Crippen molar-refractivity contribution < 1.29 is 26.5 Å². The molecule has 1 nitrogen and oxygen atoms in total. The smallest absolute Gasteiger partial charge is 0.126 e. The average molecular weight is 346 g/mol. The minimum absolute atomic E-state index is 0. The van der Waals surface area contributed by atoms with Crippen molar-refractivity contribution in [2.75, 3.05) is 0 Å². The molecule has 2 rings (SSSR count).